The van der Waals surface area contributed by atoms with E-state index in [0.29, 0.717) is 11.9 Å². The fourth-order valence-corrected chi connectivity index (χ4v) is 2.40. The molecule has 2 rings (SSSR count). The molecule has 5 N–H and O–H groups in total. The second kappa shape index (κ2) is 4.28. The van der Waals surface area contributed by atoms with Gasteiger partial charge in [-0.05, 0) is 38.5 Å². The van der Waals surface area contributed by atoms with Crippen molar-refractivity contribution in [3.05, 3.63) is 28.2 Å². The van der Waals surface area contributed by atoms with E-state index in [0.717, 1.165) is 10.2 Å². The van der Waals surface area contributed by atoms with Gasteiger partial charge in [0.05, 0.1) is 0 Å². The Morgan fingerprint density at radius 1 is 1.33 bits per heavy atom. The third-order valence-corrected chi connectivity index (χ3v) is 3.71. The minimum Gasteiger partial charge on any atom is -0.357 e. The average molecular weight is 311 g/mol. The highest BCUT2D eigenvalue weighted by atomic mass is 79.9. The molecule has 5 nitrogen and oxygen atoms in total. The van der Waals surface area contributed by atoms with Crippen LogP contribution in [-0.4, -0.2) is 22.2 Å². The summed E-state index contributed by atoms with van der Waals surface area (Å²) in [6, 6.07) is 6.06. The van der Waals surface area contributed by atoms with Crippen molar-refractivity contribution < 1.29 is 4.58 Å². The van der Waals surface area contributed by atoms with Gasteiger partial charge in [-0.1, -0.05) is 22.0 Å². The molecule has 0 aromatic heterocycles. The van der Waals surface area contributed by atoms with Crippen molar-refractivity contribution in [2.45, 2.75) is 26.4 Å². The van der Waals surface area contributed by atoms with E-state index >= 15 is 0 Å². The summed E-state index contributed by atoms with van der Waals surface area (Å²) in [5.74, 6) is 0.809. The van der Waals surface area contributed by atoms with E-state index in [-0.39, 0.29) is 0 Å². The van der Waals surface area contributed by atoms with Crippen LogP contribution >= 0.6 is 15.9 Å². The van der Waals surface area contributed by atoms with Gasteiger partial charge in [-0.2, -0.15) is 4.99 Å². The van der Waals surface area contributed by atoms with Gasteiger partial charge in [0.1, 0.15) is 5.69 Å². The molecule has 0 bridgehead atoms. The zero-order chi connectivity index (χ0) is 13.5. The maximum Gasteiger partial charge on any atom is 0.357 e. The number of nitrogens with zero attached hydrogens (tertiary/aromatic N) is 2. The topological polar surface area (TPSA) is 79.4 Å². The number of aliphatic imine (C=N–C) groups is 1. The summed E-state index contributed by atoms with van der Waals surface area (Å²) >= 11 is 3.52. The van der Waals surface area contributed by atoms with Gasteiger partial charge in [-0.15, -0.1) is 0 Å². The fourth-order valence-electron chi connectivity index (χ4n) is 2.03. The van der Waals surface area contributed by atoms with Gasteiger partial charge in [0.15, 0.2) is 5.66 Å². The normalized spacial score (nSPS) is 18.3. The number of nitrogens with two attached hydrogens (primary N) is 2. The molecule has 1 aromatic carbocycles. The highest BCUT2D eigenvalue weighted by Crippen LogP contribution is 2.28. The third-order valence-electron chi connectivity index (χ3n) is 2.85. The standard InChI is InChI=1S/C12H16BrN5/c1-7-4-5-8(6-9(7)13)18-11(15)16-10(14)17-12(18,2)3/h4-6H,1-3H3,(H4,14,15,16,17)/p+1. The van der Waals surface area contributed by atoms with Crippen molar-refractivity contribution in [3.8, 4) is 0 Å². The Bertz CT molecular complexity index is 560. The summed E-state index contributed by atoms with van der Waals surface area (Å²) in [6.07, 6.45) is 0. The lowest BCUT2D eigenvalue weighted by Gasteiger charge is -2.28. The number of guanidine groups is 2. The van der Waals surface area contributed by atoms with E-state index in [2.05, 4.69) is 26.2 Å². The molecule has 6 heteroatoms. The minimum atomic E-state index is -0.520. The molecule has 0 saturated heterocycles. The SMILES string of the molecule is Cc1ccc([N+]2=C(N)NC(N)=NC2(C)C)cc1Br. The van der Waals surface area contributed by atoms with Crippen LogP contribution < -0.4 is 16.8 Å². The molecule has 0 aliphatic carbocycles. The van der Waals surface area contributed by atoms with Gasteiger partial charge in [0, 0.05) is 4.47 Å². The maximum absolute atomic E-state index is 6.02. The van der Waals surface area contributed by atoms with Crippen LogP contribution in [0, 0.1) is 6.92 Å². The second-order valence-corrected chi connectivity index (χ2v) is 5.62. The van der Waals surface area contributed by atoms with E-state index in [4.69, 9.17) is 11.5 Å². The summed E-state index contributed by atoms with van der Waals surface area (Å²) < 4.78 is 2.94. The van der Waals surface area contributed by atoms with Crippen molar-refractivity contribution in [1.29, 1.82) is 0 Å². The van der Waals surface area contributed by atoms with Crippen LogP contribution in [0.5, 0.6) is 0 Å². The van der Waals surface area contributed by atoms with Crippen molar-refractivity contribution in [3.63, 3.8) is 0 Å². The van der Waals surface area contributed by atoms with E-state index in [1.54, 1.807) is 0 Å². The first-order valence-corrected chi connectivity index (χ1v) is 6.42. The Hall–Kier alpha value is -1.56. The van der Waals surface area contributed by atoms with Crippen LogP contribution in [0.3, 0.4) is 0 Å². The quantitative estimate of drug-likeness (QED) is 0.685. The van der Waals surface area contributed by atoms with E-state index < -0.39 is 5.66 Å². The number of hydrogen-bond donors (Lipinski definition) is 3. The molecular weight excluding hydrogens is 294 g/mol. The van der Waals surface area contributed by atoms with Gasteiger partial charge in [-0.25, -0.2) is 9.89 Å². The number of rotatable bonds is 1. The molecule has 0 saturated carbocycles. The Morgan fingerprint density at radius 2 is 2.00 bits per heavy atom. The Balaban J connectivity index is 2.55. The van der Waals surface area contributed by atoms with Crippen LogP contribution in [0.15, 0.2) is 27.7 Å². The average Bonchev–Trinajstić information content (AvgIpc) is 2.20. The van der Waals surface area contributed by atoms with Gasteiger partial charge in [0.2, 0.25) is 0 Å². The molecule has 18 heavy (non-hydrogen) atoms. The molecular formula is C12H17BrN5+. The molecule has 1 aliphatic heterocycles. The number of aryl methyl sites for hydroxylation is 1. The first-order valence-electron chi connectivity index (χ1n) is 5.62. The predicted octanol–water partition coefficient (Wildman–Crippen LogP) is 1.37. The first-order chi connectivity index (χ1) is 8.31. The molecule has 1 aromatic rings. The number of nitrogens with one attached hydrogen (secondary N) is 1. The lowest BCUT2D eigenvalue weighted by molar-refractivity contribution is -0.527. The van der Waals surface area contributed by atoms with E-state index in [1.807, 2.05) is 43.5 Å². The number of hydrogen-bond acceptors (Lipinski definition) is 4. The maximum atomic E-state index is 6.02. The second-order valence-electron chi connectivity index (χ2n) is 4.77. The highest BCUT2D eigenvalue weighted by molar-refractivity contribution is 9.10. The molecule has 96 valence electrons. The van der Waals surface area contributed by atoms with Crippen LogP contribution in [0.25, 0.3) is 0 Å². The monoisotopic (exact) mass is 310 g/mol. The molecule has 0 spiro atoms. The third kappa shape index (κ3) is 2.20. The van der Waals surface area contributed by atoms with Crippen molar-refractivity contribution in [1.82, 2.24) is 5.32 Å². The molecule has 0 fully saturated rings. The van der Waals surface area contributed by atoms with Crippen LogP contribution in [0.1, 0.15) is 19.4 Å². The summed E-state index contributed by atoms with van der Waals surface area (Å²) in [7, 11) is 0. The number of benzene rings is 1. The molecule has 0 amide bonds. The zero-order valence-electron chi connectivity index (χ0n) is 10.7. The van der Waals surface area contributed by atoms with Crippen molar-refractivity contribution in [2.24, 2.45) is 16.5 Å². The highest BCUT2D eigenvalue weighted by Gasteiger charge is 2.34. The van der Waals surface area contributed by atoms with Gasteiger partial charge in [-0.3, -0.25) is 5.73 Å². The van der Waals surface area contributed by atoms with Crippen LogP contribution in [0.4, 0.5) is 5.69 Å². The lowest BCUT2D eigenvalue weighted by atomic mass is 10.1. The van der Waals surface area contributed by atoms with Crippen LogP contribution in [-0.2, 0) is 0 Å². The molecule has 0 radical (unpaired) electrons. The Morgan fingerprint density at radius 3 is 2.56 bits per heavy atom. The largest absolute Gasteiger partial charge is 0.357 e. The molecule has 1 aliphatic rings. The predicted molar refractivity (Wildman–Crippen MR) is 76.8 cm³/mol. The van der Waals surface area contributed by atoms with Gasteiger partial charge < -0.3 is 5.73 Å². The smallest absolute Gasteiger partial charge is 0.357 e. The molecule has 1 heterocycles. The van der Waals surface area contributed by atoms with Gasteiger partial charge >= 0.3 is 5.96 Å². The van der Waals surface area contributed by atoms with Crippen LogP contribution in [0.2, 0.25) is 0 Å². The lowest BCUT2D eigenvalue weighted by Crippen LogP contribution is -2.55. The van der Waals surface area contributed by atoms with E-state index in [1.165, 1.54) is 5.56 Å². The summed E-state index contributed by atoms with van der Waals surface area (Å²) in [5.41, 5.74) is 13.3. The van der Waals surface area contributed by atoms with Crippen molar-refractivity contribution in [2.75, 3.05) is 0 Å². The fraction of sp³-hybridized carbons (Fsp3) is 0.333. The van der Waals surface area contributed by atoms with Gasteiger partial charge in [0.25, 0.3) is 5.96 Å². The first kappa shape index (κ1) is 12.9. The zero-order valence-corrected chi connectivity index (χ0v) is 12.2. The Kier molecular flexibility index (Phi) is 3.06. The summed E-state index contributed by atoms with van der Waals surface area (Å²) in [4.78, 5) is 4.37. The molecule has 0 unspecified atom stereocenters. The summed E-state index contributed by atoms with van der Waals surface area (Å²) in [6.45, 7) is 5.96. The van der Waals surface area contributed by atoms with E-state index in [9.17, 15) is 0 Å². The minimum absolute atomic E-state index is 0.333. The van der Waals surface area contributed by atoms with Crippen molar-refractivity contribution >= 4 is 33.5 Å². The molecule has 0 atom stereocenters. The number of halogens is 1. The summed E-state index contributed by atoms with van der Waals surface area (Å²) in [5, 5.41) is 2.85. The Labute approximate surface area is 115 Å².